The number of aliphatic hydroxyl groups is 5. The topological polar surface area (TPSA) is 148 Å². The Kier molecular flexibility index (Phi) is 3.84. The summed E-state index contributed by atoms with van der Waals surface area (Å²) in [5.74, 6) is -4.42. The first kappa shape index (κ1) is 13.3. The van der Waals surface area contributed by atoms with Gasteiger partial charge in [0.05, 0.1) is 12.7 Å². The van der Waals surface area contributed by atoms with Gasteiger partial charge in [-0.15, -0.1) is 0 Å². The summed E-state index contributed by atoms with van der Waals surface area (Å²) in [6.45, 7) is -0.801. The molecular weight excluding hydrogens is 224 g/mol. The zero-order valence-corrected chi connectivity index (χ0v) is 8.22. The van der Waals surface area contributed by atoms with E-state index in [-0.39, 0.29) is 0 Å². The number of ether oxygens (including phenoxy) is 1. The summed E-state index contributed by atoms with van der Waals surface area (Å²) in [4.78, 5) is 10.7. The van der Waals surface area contributed by atoms with Crippen LogP contribution in [0.15, 0.2) is 0 Å². The molecule has 8 heteroatoms. The average molecular weight is 238 g/mol. The summed E-state index contributed by atoms with van der Waals surface area (Å²) in [6, 6.07) is 0. The summed E-state index contributed by atoms with van der Waals surface area (Å²) in [5.41, 5.74) is 0. The van der Waals surface area contributed by atoms with Gasteiger partial charge < -0.3 is 35.4 Å². The average Bonchev–Trinajstić information content (AvgIpc) is 2.22. The Balaban J connectivity index is 2.89. The molecule has 0 aromatic rings. The third kappa shape index (κ3) is 2.32. The van der Waals surface area contributed by atoms with Crippen LogP contribution in [0.1, 0.15) is 6.42 Å². The number of carboxylic acid groups (broad SMARTS) is 1. The van der Waals surface area contributed by atoms with E-state index in [0.717, 1.165) is 0 Å². The number of hydrogen-bond donors (Lipinski definition) is 6. The van der Waals surface area contributed by atoms with Crippen molar-refractivity contribution in [2.45, 2.75) is 36.6 Å². The lowest BCUT2D eigenvalue weighted by atomic mass is 9.93. The van der Waals surface area contributed by atoms with Crippen LogP contribution >= 0.6 is 0 Å². The molecule has 1 saturated heterocycles. The van der Waals surface area contributed by atoms with Crippen molar-refractivity contribution in [2.75, 3.05) is 6.61 Å². The van der Waals surface area contributed by atoms with Gasteiger partial charge in [0.1, 0.15) is 18.3 Å². The van der Waals surface area contributed by atoms with Crippen molar-refractivity contribution in [1.82, 2.24) is 0 Å². The monoisotopic (exact) mass is 238 g/mol. The summed E-state index contributed by atoms with van der Waals surface area (Å²) >= 11 is 0. The molecule has 1 heterocycles. The first-order valence-electron chi connectivity index (χ1n) is 4.60. The minimum atomic E-state index is -2.68. The van der Waals surface area contributed by atoms with Crippen molar-refractivity contribution in [1.29, 1.82) is 0 Å². The summed E-state index contributed by atoms with van der Waals surface area (Å²) < 4.78 is 4.61. The summed E-state index contributed by atoms with van der Waals surface area (Å²) in [5, 5.41) is 54.7. The normalized spacial score (nSPS) is 41.7. The highest BCUT2D eigenvalue weighted by Crippen LogP contribution is 2.29. The molecule has 0 spiro atoms. The van der Waals surface area contributed by atoms with Gasteiger partial charge in [-0.3, -0.25) is 0 Å². The number of aliphatic carboxylic acids is 1. The van der Waals surface area contributed by atoms with Gasteiger partial charge in [0.15, 0.2) is 0 Å². The predicted octanol–water partition coefficient (Wildman–Crippen LogP) is -3.38. The SMILES string of the molecule is O=C(O)[C@@]1(O)C[C@@H](O)[C@H](O)[C@@H](C(O)CO)O1. The van der Waals surface area contributed by atoms with Crippen LogP contribution in [0.2, 0.25) is 0 Å². The fourth-order valence-electron chi connectivity index (χ4n) is 1.51. The van der Waals surface area contributed by atoms with Crippen LogP contribution in [0.4, 0.5) is 0 Å². The lowest BCUT2D eigenvalue weighted by Gasteiger charge is -2.41. The Labute approximate surface area is 90.3 Å². The molecule has 1 unspecified atom stereocenters. The maximum absolute atomic E-state index is 10.7. The van der Waals surface area contributed by atoms with Crippen molar-refractivity contribution < 1.29 is 40.2 Å². The largest absolute Gasteiger partial charge is 0.477 e. The van der Waals surface area contributed by atoms with Gasteiger partial charge in [-0.05, 0) is 0 Å². The molecule has 16 heavy (non-hydrogen) atoms. The van der Waals surface area contributed by atoms with Gasteiger partial charge in [-0.1, -0.05) is 0 Å². The number of rotatable bonds is 3. The molecule has 1 rings (SSSR count). The molecule has 0 saturated carbocycles. The third-order valence-electron chi connectivity index (χ3n) is 2.45. The lowest BCUT2D eigenvalue weighted by molar-refractivity contribution is -0.308. The maximum Gasteiger partial charge on any atom is 0.364 e. The minimum Gasteiger partial charge on any atom is -0.477 e. The molecule has 94 valence electrons. The molecule has 0 radical (unpaired) electrons. The summed E-state index contributed by atoms with van der Waals surface area (Å²) in [7, 11) is 0. The van der Waals surface area contributed by atoms with E-state index >= 15 is 0 Å². The fraction of sp³-hybridized carbons (Fsp3) is 0.875. The molecule has 5 atom stereocenters. The van der Waals surface area contributed by atoms with Gasteiger partial charge in [-0.2, -0.15) is 0 Å². The number of carbonyl (C=O) groups is 1. The van der Waals surface area contributed by atoms with Gasteiger partial charge in [0, 0.05) is 6.42 Å². The van der Waals surface area contributed by atoms with E-state index in [1.807, 2.05) is 0 Å². The molecule has 8 nitrogen and oxygen atoms in total. The van der Waals surface area contributed by atoms with Gasteiger partial charge in [0.25, 0.3) is 5.79 Å². The molecule has 0 bridgehead atoms. The summed E-state index contributed by atoms with van der Waals surface area (Å²) in [6.07, 6.45) is -7.05. The number of hydrogen-bond acceptors (Lipinski definition) is 7. The van der Waals surface area contributed by atoms with Gasteiger partial charge in [0.2, 0.25) is 0 Å². The second kappa shape index (κ2) is 4.62. The van der Waals surface area contributed by atoms with Gasteiger partial charge >= 0.3 is 5.97 Å². The standard InChI is InChI=1S/C8H14O8/c9-2-4(11)6-5(12)3(10)1-8(15,16-6)7(13)14/h3-6,9-12,15H,1-2H2,(H,13,14)/t3-,4?,5+,6-,8-/m1/s1. The van der Waals surface area contributed by atoms with Crippen LogP contribution in [0.5, 0.6) is 0 Å². The predicted molar refractivity (Wildman–Crippen MR) is 47.2 cm³/mol. The van der Waals surface area contributed by atoms with Crippen molar-refractivity contribution in [3.63, 3.8) is 0 Å². The highest BCUT2D eigenvalue weighted by Gasteiger charge is 2.52. The zero-order valence-electron chi connectivity index (χ0n) is 8.22. The minimum absolute atomic E-state index is 0.724. The van der Waals surface area contributed by atoms with E-state index < -0.39 is 49.2 Å². The Bertz CT molecular complexity index is 269. The first-order chi connectivity index (χ1) is 7.31. The van der Waals surface area contributed by atoms with Crippen molar-refractivity contribution in [3.05, 3.63) is 0 Å². The van der Waals surface area contributed by atoms with Crippen LogP contribution in [0, 0.1) is 0 Å². The Hall–Kier alpha value is -0.770. The molecule has 0 aliphatic carbocycles. The maximum atomic E-state index is 10.7. The zero-order chi connectivity index (χ0) is 12.5. The number of carboxylic acids is 1. The Morgan fingerprint density at radius 2 is 2.06 bits per heavy atom. The quantitative estimate of drug-likeness (QED) is 0.298. The molecule has 0 aromatic heterocycles. The molecule has 1 aliphatic heterocycles. The lowest BCUT2D eigenvalue weighted by Crippen LogP contribution is -2.61. The second-order valence-electron chi connectivity index (χ2n) is 3.68. The molecular formula is C8H14O8. The van der Waals surface area contributed by atoms with Crippen LogP contribution in [-0.2, 0) is 9.53 Å². The van der Waals surface area contributed by atoms with Crippen LogP contribution < -0.4 is 0 Å². The highest BCUT2D eigenvalue weighted by atomic mass is 16.7. The Morgan fingerprint density at radius 1 is 1.50 bits per heavy atom. The second-order valence-corrected chi connectivity index (χ2v) is 3.68. The fourth-order valence-corrected chi connectivity index (χ4v) is 1.51. The third-order valence-corrected chi connectivity index (χ3v) is 2.45. The van der Waals surface area contributed by atoms with Crippen LogP contribution in [-0.4, -0.2) is 73.4 Å². The molecule has 1 aliphatic rings. The van der Waals surface area contributed by atoms with Crippen molar-refractivity contribution in [2.24, 2.45) is 0 Å². The van der Waals surface area contributed by atoms with E-state index in [2.05, 4.69) is 4.74 Å². The van der Waals surface area contributed by atoms with Crippen LogP contribution in [0.25, 0.3) is 0 Å². The molecule has 1 fully saturated rings. The van der Waals surface area contributed by atoms with Gasteiger partial charge in [-0.25, -0.2) is 4.79 Å². The van der Waals surface area contributed by atoms with Crippen molar-refractivity contribution in [3.8, 4) is 0 Å². The van der Waals surface area contributed by atoms with E-state index in [9.17, 15) is 25.2 Å². The van der Waals surface area contributed by atoms with E-state index in [4.69, 9.17) is 10.2 Å². The number of aliphatic hydroxyl groups excluding tert-OH is 4. The van der Waals surface area contributed by atoms with E-state index in [1.165, 1.54) is 0 Å². The first-order valence-corrected chi connectivity index (χ1v) is 4.60. The smallest absolute Gasteiger partial charge is 0.364 e. The van der Waals surface area contributed by atoms with Crippen molar-refractivity contribution >= 4 is 5.97 Å². The Morgan fingerprint density at radius 3 is 2.50 bits per heavy atom. The van der Waals surface area contributed by atoms with Crippen LogP contribution in [0.3, 0.4) is 0 Å². The molecule has 0 amide bonds. The van der Waals surface area contributed by atoms with E-state index in [1.54, 1.807) is 0 Å². The molecule has 6 N–H and O–H groups in total. The highest BCUT2D eigenvalue weighted by molar-refractivity contribution is 5.75. The molecule has 0 aromatic carbocycles. The van der Waals surface area contributed by atoms with E-state index in [0.29, 0.717) is 0 Å².